The number of imidazole rings is 1. The van der Waals surface area contributed by atoms with E-state index in [0.717, 1.165) is 29.9 Å². The molecule has 4 rings (SSSR count). The summed E-state index contributed by atoms with van der Waals surface area (Å²) in [7, 11) is 0. The molecule has 24 heavy (non-hydrogen) atoms. The summed E-state index contributed by atoms with van der Waals surface area (Å²) in [5.41, 5.74) is 3.65. The van der Waals surface area contributed by atoms with E-state index in [9.17, 15) is 5.11 Å². The van der Waals surface area contributed by atoms with Gasteiger partial charge in [-0.05, 0) is 44.1 Å². The standard InChI is InChI=1S/C20H24N2OS/c23-18(13-12-15-8-4-3-5-9-15)17-14-21-20-22(17)16-10-6-1-2-7-11-19(16)24-20/h3-5,8-9,14,18,23H,1-2,6-7,10-13H2. The molecular weight excluding hydrogens is 316 g/mol. The van der Waals surface area contributed by atoms with Gasteiger partial charge in [0.1, 0.15) is 0 Å². The van der Waals surface area contributed by atoms with Crippen molar-refractivity contribution in [3.8, 4) is 0 Å². The molecular formula is C20H24N2OS. The number of aliphatic hydroxyl groups is 1. The van der Waals surface area contributed by atoms with Crippen LogP contribution >= 0.6 is 11.3 Å². The number of rotatable bonds is 4. The molecule has 1 aliphatic rings. The molecule has 126 valence electrons. The Hall–Kier alpha value is -1.65. The van der Waals surface area contributed by atoms with Crippen LogP contribution in [0.3, 0.4) is 0 Å². The molecule has 1 N–H and O–H groups in total. The minimum Gasteiger partial charge on any atom is -0.387 e. The Morgan fingerprint density at radius 2 is 1.88 bits per heavy atom. The predicted octanol–water partition coefficient (Wildman–Crippen LogP) is 4.72. The SMILES string of the molecule is OC(CCc1ccccc1)c1cnc2sc3c(n12)CCCCCC3. The van der Waals surface area contributed by atoms with E-state index in [1.165, 1.54) is 48.2 Å². The van der Waals surface area contributed by atoms with Crippen molar-refractivity contribution in [3.63, 3.8) is 0 Å². The van der Waals surface area contributed by atoms with Crippen LogP contribution in [-0.4, -0.2) is 14.5 Å². The number of aryl methyl sites for hydroxylation is 3. The summed E-state index contributed by atoms with van der Waals surface area (Å²) < 4.78 is 2.25. The molecule has 0 radical (unpaired) electrons. The molecule has 1 aromatic carbocycles. The Morgan fingerprint density at radius 3 is 2.71 bits per heavy atom. The van der Waals surface area contributed by atoms with E-state index in [0.29, 0.717) is 0 Å². The summed E-state index contributed by atoms with van der Waals surface area (Å²) in [6, 6.07) is 10.4. The van der Waals surface area contributed by atoms with Gasteiger partial charge in [0, 0.05) is 10.6 Å². The molecule has 0 spiro atoms. The van der Waals surface area contributed by atoms with E-state index in [2.05, 4.69) is 33.7 Å². The van der Waals surface area contributed by atoms with Crippen LogP contribution in [0.25, 0.3) is 4.96 Å². The van der Waals surface area contributed by atoms with Crippen molar-refractivity contribution in [2.75, 3.05) is 0 Å². The van der Waals surface area contributed by atoms with E-state index in [4.69, 9.17) is 0 Å². The first-order chi connectivity index (χ1) is 11.8. The molecule has 0 saturated heterocycles. The van der Waals surface area contributed by atoms with E-state index in [1.54, 1.807) is 0 Å². The summed E-state index contributed by atoms with van der Waals surface area (Å²) in [5.74, 6) is 0. The van der Waals surface area contributed by atoms with Gasteiger partial charge in [-0.2, -0.15) is 0 Å². The highest BCUT2D eigenvalue weighted by Gasteiger charge is 2.21. The lowest BCUT2D eigenvalue weighted by atomic mass is 10.0. The third-order valence-electron chi connectivity index (χ3n) is 5.02. The van der Waals surface area contributed by atoms with Gasteiger partial charge >= 0.3 is 0 Å². The first-order valence-electron chi connectivity index (χ1n) is 9.03. The lowest BCUT2D eigenvalue weighted by molar-refractivity contribution is 0.162. The zero-order valence-electron chi connectivity index (χ0n) is 13.9. The Balaban J connectivity index is 1.59. The molecule has 3 nitrogen and oxygen atoms in total. The Labute approximate surface area is 147 Å². The van der Waals surface area contributed by atoms with E-state index < -0.39 is 6.10 Å². The zero-order valence-corrected chi connectivity index (χ0v) is 14.8. The average molecular weight is 340 g/mol. The highest BCUT2D eigenvalue weighted by atomic mass is 32.1. The van der Waals surface area contributed by atoms with E-state index in [-0.39, 0.29) is 0 Å². The molecule has 3 aromatic rings. The fourth-order valence-corrected chi connectivity index (χ4v) is 4.88. The van der Waals surface area contributed by atoms with Crippen molar-refractivity contribution < 1.29 is 5.11 Å². The molecule has 2 aromatic heterocycles. The van der Waals surface area contributed by atoms with Gasteiger partial charge in [-0.25, -0.2) is 4.98 Å². The second kappa shape index (κ2) is 7.08. The molecule has 0 amide bonds. The highest BCUT2D eigenvalue weighted by molar-refractivity contribution is 7.17. The van der Waals surface area contributed by atoms with Gasteiger partial charge in [-0.1, -0.05) is 43.2 Å². The first kappa shape index (κ1) is 15.9. The molecule has 0 fully saturated rings. The number of hydrogen-bond acceptors (Lipinski definition) is 3. The Kier molecular flexibility index (Phi) is 4.67. The smallest absolute Gasteiger partial charge is 0.194 e. The molecule has 2 heterocycles. The minimum absolute atomic E-state index is 0.454. The highest BCUT2D eigenvalue weighted by Crippen LogP contribution is 2.32. The number of aromatic nitrogens is 2. The average Bonchev–Trinajstić information content (AvgIpc) is 3.13. The fourth-order valence-electron chi connectivity index (χ4n) is 3.69. The largest absolute Gasteiger partial charge is 0.387 e. The maximum atomic E-state index is 10.8. The van der Waals surface area contributed by atoms with Crippen molar-refractivity contribution in [1.29, 1.82) is 0 Å². The van der Waals surface area contributed by atoms with Gasteiger partial charge in [0.2, 0.25) is 0 Å². The monoisotopic (exact) mass is 340 g/mol. The van der Waals surface area contributed by atoms with Crippen LogP contribution in [0.15, 0.2) is 36.5 Å². The first-order valence-corrected chi connectivity index (χ1v) is 9.84. The lowest BCUT2D eigenvalue weighted by Gasteiger charge is -2.14. The van der Waals surface area contributed by atoms with Gasteiger partial charge in [-0.3, -0.25) is 4.40 Å². The van der Waals surface area contributed by atoms with Crippen LogP contribution in [0.1, 0.15) is 60.0 Å². The molecule has 1 atom stereocenters. The van der Waals surface area contributed by atoms with Gasteiger partial charge in [0.25, 0.3) is 0 Å². The number of aliphatic hydroxyl groups excluding tert-OH is 1. The summed E-state index contributed by atoms with van der Waals surface area (Å²) in [5, 5.41) is 10.8. The van der Waals surface area contributed by atoms with Gasteiger partial charge < -0.3 is 5.11 Å². The van der Waals surface area contributed by atoms with E-state index in [1.807, 2.05) is 23.6 Å². The second-order valence-electron chi connectivity index (χ2n) is 6.73. The summed E-state index contributed by atoms with van der Waals surface area (Å²) in [6.45, 7) is 0. The zero-order chi connectivity index (χ0) is 16.4. The van der Waals surface area contributed by atoms with Crippen LogP contribution in [0.2, 0.25) is 0 Å². The number of benzene rings is 1. The van der Waals surface area contributed by atoms with Gasteiger partial charge in [0.15, 0.2) is 4.96 Å². The summed E-state index contributed by atoms with van der Waals surface area (Å²) in [6.07, 6.45) is 10.5. The topological polar surface area (TPSA) is 37.5 Å². The van der Waals surface area contributed by atoms with E-state index >= 15 is 0 Å². The maximum Gasteiger partial charge on any atom is 0.194 e. The number of fused-ring (bicyclic) bond motifs is 3. The second-order valence-corrected chi connectivity index (χ2v) is 7.79. The van der Waals surface area contributed by atoms with Gasteiger partial charge in [-0.15, -0.1) is 11.3 Å². The third-order valence-corrected chi connectivity index (χ3v) is 6.18. The molecule has 1 aliphatic carbocycles. The van der Waals surface area contributed by atoms with Crippen LogP contribution in [0.4, 0.5) is 0 Å². The van der Waals surface area contributed by atoms with Crippen LogP contribution in [0.5, 0.6) is 0 Å². The lowest BCUT2D eigenvalue weighted by Crippen LogP contribution is -2.07. The van der Waals surface area contributed by atoms with Gasteiger partial charge in [0.05, 0.1) is 18.0 Å². The normalized spacial score (nSPS) is 16.5. The van der Waals surface area contributed by atoms with Crippen LogP contribution < -0.4 is 0 Å². The number of hydrogen-bond donors (Lipinski definition) is 1. The summed E-state index contributed by atoms with van der Waals surface area (Å²) >= 11 is 1.82. The maximum absolute atomic E-state index is 10.8. The molecule has 0 aliphatic heterocycles. The van der Waals surface area contributed by atoms with Crippen molar-refractivity contribution in [2.24, 2.45) is 0 Å². The third kappa shape index (κ3) is 3.13. The van der Waals surface area contributed by atoms with Crippen molar-refractivity contribution in [3.05, 3.63) is 58.4 Å². The van der Waals surface area contributed by atoms with Crippen molar-refractivity contribution in [1.82, 2.24) is 9.38 Å². The predicted molar refractivity (Wildman–Crippen MR) is 98.7 cm³/mol. The summed E-state index contributed by atoms with van der Waals surface area (Å²) in [4.78, 5) is 7.11. The molecule has 1 unspecified atom stereocenters. The Bertz CT molecular complexity index is 806. The quantitative estimate of drug-likeness (QED) is 0.746. The number of thiazole rings is 1. The van der Waals surface area contributed by atoms with Crippen molar-refractivity contribution >= 4 is 16.3 Å². The Morgan fingerprint density at radius 1 is 1.08 bits per heavy atom. The van der Waals surface area contributed by atoms with Crippen molar-refractivity contribution in [2.45, 2.75) is 57.5 Å². The molecule has 0 bridgehead atoms. The minimum atomic E-state index is -0.454. The molecule has 0 saturated carbocycles. The fraction of sp³-hybridized carbons (Fsp3) is 0.450. The number of nitrogens with zero attached hydrogens (tertiary/aromatic N) is 2. The van der Waals surface area contributed by atoms with Crippen LogP contribution in [0, 0.1) is 0 Å². The molecule has 4 heteroatoms. The van der Waals surface area contributed by atoms with Crippen LogP contribution in [-0.2, 0) is 19.3 Å².